The van der Waals surface area contributed by atoms with E-state index in [0.29, 0.717) is 24.0 Å². The molecule has 0 aromatic carbocycles. The van der Waals surface area contributed by atoms with Crippen LogP contribution in [0, 0.1) is 5.92 Å². The maximum absolute atomic E-state index is 12.1. The standard InChI is InChI=1S/C17H24N6O.CH2O2/c1-22-15(4-8-21-22)17(24)20-11-13-5-9-23(10-6-13)12-14-3-2-7-19-16(14)18;2-1-3/h2-4,7-8,13H,5-6,9-12H2,1H3,(H2,18,19)(H,20,24);1H,(H,2,3). The zero-order valence-corrected chi connectivity index (χ0v) is 15.4. The smallest absolute Gasteiger partial charge is 0.290 e. The predicted octanol–water partition coefficient (Wildman–Crippen LogP) is 0.740. The predicted molar refractivity (Wildman–Crippen MR) is 101 cm³/mol. The number of aromatic nitrogens is 3. The summed E-state index contributed by atoms with van der Waals surface area (Å²) in [6.45, 7) is 3.34. The quantitative estimate of drug-likeness (QED) is 0.659. The highest BCUT2D eigenvalue weighted by Gasteiger charge is 2.21. The van der Waals surface area contributed by atoms with Gasteiger partial charge in [-0.3, -0.25) is 19.2 Å². The summed E-state index contributed by atoms with van der Waals surface area (Å²) in [4.78, 5) is 27.0. The summed E-state index contributed by atoms with van der Waals surface area (Å²) in [7, 11) is 1.78. The lowest BCUT2D eigenvalue weighted by molar-refractivity contribution is -0.122. The first-order chi connectivity index (χ1) is 13.0. The van der Waals surface area contributed by atoms with Crippen LogP contribution in [-0.4, -0.2) is 56.8 Å². The van der Waals surface area contributed by atoms with E-state index in [2.05, 4.69) is 20.3 Å². The molecule has 0 radical (unpaired) electrons. The molecule has 4 N–H and O–H groups in total. The van der Waals surface area contributed by atoms with E-state index < -0.39 is 0 Å². The van der Waals surface area contributed by atoms with E-state index in [1.165, 1.54) is 0 Å². The topological polar surface area (TPSA) is 126 Å². The van der Waals surface area contributed by atoms with Crippen LogP contribution in [0.1, 0.15) is 28.9 Å². The van der Waals surface area contributed by atoms with Crippen molar-refractivity contribution in [3.8, 4) is 0 Å². The Kier molecular flexibility index (Phi) is 7.75. The number of rotatable bonds is 5. The van der Waals surface area contributed by atoms with Crippen molar-refractivity contribution in [3.63, 3.8) is 0 Å². The molecular formula is C18H26N6O3. The SMILES string of the molecule is Cn1nccc1C(=O)NCC1CCN(Cc2cccnc2N)CC1.O=CO. The molecule has 1 saturated heterocycles. The van der Waals surface area contributed by atoms with Gasteiger partial charge in [0.15, 0.2) is 0 Å². The van der Waals surface area contributed by atoms with E-state index in [1.807, 2.05) is 12.1 Å². The summed E-state index contributed by atoms with van der Waals surface area (Å²) in [5, 5.41) is 13.9. The minimum Gasteiger partial charge on any atom is -0.483 e. The van der Waals surface area contributed by atoms with Crippen molar-refractivity contribution in [1.29, 1.82) is 0 Å². The van der Waals surface area contributed by atoms with Crippen LogP contribution >= 0.6 is 0 Å². The molecule has 0 saturated carbocycles. The van der Waals surface area contributed by atoms with Crippen molar-refractivity contribution in [2.45, 2.75) is 19.4 Å². The number of carboxylic acid groups (broad SMARTS) is 1. The average molecular weight is 374 g/mol. The van der Waals surface area contributed by atoms with Crippen molar-refractivity contribution in [2.24, 2.45) is 13.0 Å². The highest BCUT2D eigenvalue weighted by atomic mass is 16.3. The second-order valence-corrected chi connectivity index (χ2v) is 6.42. The first-order valence-electron chi connectivity index (χ1n) is 8.81. The molecule has 0 aliphatic carbocycles. The number of piperidine rings is 1. The molecule has 146 valence electrons. The van der Waals surface area contributed by atoms with Crippen molar-refractivity contribution in [2.75, 3.05) is 25.4 Å². The summed E-state index contributed by atoms with van der Waals surface area (Å²) in [5.74, 6) is 1.08. The zero-order valence-electron chi connectivity index (χ0n) is 15.4. The van der Waals surface area contributed by atoms with Crippen LogP contribution in [0.25, 0.3) is 0 Å². The molecular weight excluding hydrogens is 348 g/mol. The largest absolute Gasteiger partial charge is 0.483 e. The van der Waals surface area contributed by atoms with E-state index >= 15 is 0 Å². The lowest BCUT2D eigenvalue weighted by Crippen LogP contribution is -2.38. The number of carbonyl (C=O) groups excluding carboxylic acids is 1. The molecule has 0 bridgehead atoms. The molecule has 3 rings (SSSR count). The zero-order chi connectivity index (χ0) is 19.6. The van der Waals surface area contributed by atoms with Gasteiger partial charge < -0.3 is 16.2 Å². The highest BCUT2D eigenvalue weighted by Crippen LogP contribution is 2.20. The molecule has 0 unspecified atom stereocenters. The summed E-state index contributed by atoms with van der Waals surface area (Å²) >= 11 is 0. The van der Waals surface area contributed by atoms with E-state index in [4.69, 9.17) is 15.6 Å². The lowest BCUT2D eigenvalue weighted by Gasteiger charge is -2.32. The molecule has 3 heterocycles. The van der Waals surface area contributed by atoms with Crippen LogP contribution in [0.15, 0.2) is 30.6 Å². The normalized spacial score (nSPS) is 14.9. The number of hydrogen-bond acceptors (Lipinski definition) is 6. The molecule has 2 aromatic rings. The highest BCUT2D eigenvalue weighted by molar-refractivity contribution is 5.92. The number of nitrogens with two attached hydrogens (primary N) is 1. The summed E-state index contributed by atoms with van der Waals surface area (Å²) in [6.07, 6.45) is 5.51. The number of anilines is 1. The van der Waals surface area contributed by atoms with Crippen molar-refractivity contribution in [1.82, 2.24) is 25.0 Å². The third kappa shape index (κ3) is 6.07. The first-order valence-corrected chi connectivity index (χ1v) is 8.81. The molecule has 9 heteroatoms. The van der Waals surface area contributed by atoms with Crippen LogP contribution < -0.4 is 11.1 Å². The van der Waals surface area contributed by atoms with Gasteiger partial charge in [-0.1, -0.05) is 6.07 Å². The Bertz CT molecular complexity index is 740. The number of amides is 1. The van der Waals surface area contributed by atoms with Gasteiger partial charge in [0.2, 0.25) is 0 Å². The van der Waals surface area contributed by atoms with Gasteiger partial charge in [0.05, 0.1) is 0 Å². The fourth-order valence-corrected chi connectivity index (χ4v) is 3.10. The molecule has 1 fully saturated rings. The number of likely N-dealkylation sites (tertiary alicyclic amines) is 1. The minimum absolute atomic E-state index is 0.0550. The number of nitrogens with one attached hydrogen (secondary N) is 1. The maximum Gasteiger partial charge on any atom is 0.290 e. The van der Waals surface area contributed by atoms with Crippen LogP contribution in [-0.2, 0) is 18.4 Å². The Morgan fingerprint density at radius 2 is 2.07 bits per heavy atom. The fourth-order valence-electron chi connectivity index (χ4n) is 3.10. The number of hydrogen-bond donors (Lipinski definition) is 3. The van der Waals surface area contributed by atoms with Crippen molar-refractivity contribution >= 4 is 18.2 Å². The molecule has 1 amide bonds. The fraction of sp³-hybridized carbons (Fsp3) is 0.444. The monoisotopic (exact) mass is 374 g/mol. The van der Waals surface area contributed by atoms with Gasteiger partial charge in [0, 0.05) is 38.1 Å². The molecule has 9 nitrogen and oxygen atoms in total. The third-order valence-corrected chi connectivity index (χ3v) is 4.63. The van der Waals surface area contributed by atoms with Gasteiger partial charge in [-0.2, -0.15) is 5.10 Å². The summed E-state index contributed by atoms with van der Waals surface area (Å²) < 4.78 is 1.59. The van der Waals surface area contributed by atoms with E-state index in [1.54, 1.807) is 30.2 Å². The maximum atomic E-state index is 12.1. The van der Waals surface area contributed by atoms with Gasteiger partial charge >= 0.3 is 0 Å². The van der Waals surface area contributed by atoms with E-state index in [9.17, 15) is 4.79 Å². The van der Waals surface area contributed by atoms with Gasteiger partial charge in [0.1, 0.15) is 11.5 Å². The minimum atomic E-state index is -0.250. The van der Waals surface area contributed by atoms with Crippen LogP contribution in [0.3, 0.4) is 0 Å². The molecule has 0 atom stereocenters. The van der Waals surface area contributed by atoms with Crippen molar-refractivity contribution < 1.29 is 14.7 Å². The Hall–Kier alpha value is -2.94. The second kappa shape index (κ2) is 10.3. The van der Waals surface area contributed by atoms with Crippen LogP contribution in [0.5, 0.6) is 0 Å². The van der Waals surface area contributed by atoms with Crippen LogP contribution in [0.4, 0.5) is 5.82 Å². The van der Waals surface area contributed by atoms with Gasteiger partial charge in [-0.15, -0.1) is 0 Å². The number of nitrogens with zero attached hydrogens (tertiary/aromatic N) is 4. The molecule has 1 aliphatic heterocycles. The van der Waals surface area contributed by atoms with Gasteiger partial charge in [-0.25, -0.2) is 4.98 Å². The Morgan fingerprint density at radius 3 is 2.67 bits per heavy atom. The Morgan fingerprint density at radius 1 is 1.37 bits per heavy atom. The molecule has 0 spiro atoms. The molecule has 1 aliphatic rings. The summed E-state index contributed by atoms with van der Waals surface area (Å²) in [6, 6.07) is 5.69. The Balaban J connectivity index is 0.000000817. The van der Waals surface area contributed by atoms with Gasteiger partial charge in [-0.05, 0) is 44.0 Å². The Labute approximate surface area is 158 Å². The molecule has 27 heavy (non-hydrogen) atoms. The number of aryl methyl sites for hydroxylation is 1. The molecule has 2 aromatic heterocycles. The number of carbonyl (C=O) groups is 2. The number of nitrogen functional groups attached to an aromatic ring is 1. The second-order valence-electron chi connectivity index (χ2n) is 6.42. The van der Waals surface area contributed by atoms with Gasteiger partial charge in [0.25, 0.3) is 12.4 Å². The lowest BCUT2D eigenvalue weighted by atomic mass is 9.96. The summed E-state index contributed by atoms with van der Waals surface area (Å²) in [5.41, 5.74) is 7.59. The third-order valence-electron chi connectivity index (χ3n) is 4.63. The first kappa shape index (κ1) is 20.4. The average Bonchev–Trinajstić information content (AvgIpc) is 3.09. The number of pyridine rings is 1. The van der Waals surface area contributed by atoms with E-state index in [0.717, 1.165) is 38.0 Å². The van der Waals surface area contributed by atoms with Crippen LogP contribution in [0.2, 0.25) is 0 Å². The van der Waals surface area contributed by atoms with Crippen molar-refractivity contribution in [3.05, 3.63) is 41.9 Å². The van der Waals surface area contributed by atoms with E-state index in [-0.39, 0.29) is 12.4 Å².